The lowest BCUT2D eigenvalue weighted by molar-refractivity contribution is -0.160. The van der Waals surface area contributed by atoms with Gasteiger partial charge in [0.2, 0.25) is 12.0 Å². The Morgan fingerprint density at radius 2 is 2.00 bits per heavy atom. The Kier molecular flexibility index (Phi) is 6.85. The number of benzene rings is 2. The van der Waals surface area contributed by atoms with E-state index in [1.165, 1.54) is 33.9 Å². The molecule has 2 atom stereocenters. The number of unbranched alkanes of at least 4 members (excludes halogenated alkanes) is 1. The van der Waals surface area contributed by atoms with E-state index in [-0.39, 0.29) is 24.9 Å². The average molecular weight is 421 g/mol. The van der Waals surface area contributed by atoms with Crippen LogP contribution in [0.5, 0.6) is 0 Å². The molecule has 0 bridgehead atoms. The molecule has 2 aromatic rings. The highest BCUT2D eigenvalue weighted by molar-refractivity contribution is 5.87. The van der Waals surface area contributed by atoms with Gasteiger partial charge in [0.05, 0.1) is 6.61 Å². The van der Waals surface area contributed by atoms with Crippen molar-refractivity contribution in [3.63, 3.8) is 0 Å². The van der Waals surface area contributed by atoms with Crippen molar-refractivity contribution in [2.75, 3.05) is 19.8 Å². The van der Waals surface area contributed by atoms with Crippen LogP contribution in [0.15, 0.2) is 67.0 Å². The Bertz CT molecular complexity index is 978. The first-order chi connectivity index (χ1) is 15.2. The molecule has 1 heterocycles. The van der Waals surface area contributed by atoms with E-state index in [4.69, 9.17) is 19.3 Å². The highest BCUT2D eigenvalue weighted by Gasteiger charge is 2.32. The summed E-state index contributed by atoms with van der Waals surface area (Å²) in [7, 11) is 0. The van der Waals surface area contributed by atoms with Crippen LogP contribution in [0.3, 0.4) is 0 Å². The molecule has 0 aromatic heterocycles. The molecule has 0 spiro atoms. The summed E-state index contributed by atoms with van der Waals surface area (Å²) in [6.07, 6.45) is 5.75. The number of hydrogen-bond acceptors (Lipinski definition) is 5. The minimum absolute atomic E-state index is 0.0212. The normalized spacial score (nSPS) is 19.1. The smallest absolute Gasteiger partial charge is 0.373 e. The Labute approximate surface area is 183 Å². The Morgan fingerprint density at radius 1 is 1.16 bits per heavy atom. The van der Waals surface area contributed by atoms with Crippen molar-refractivity contribution in [3.8, 4) is 11.1 Å². The fourth-order valence-corrected chi connectivity index (χ4v) is 4.29. The molecule has 0 fully saturated rings. The Balaban J connectivity index is 1.61. The van der Waals surface area contributed by atoms with E-state index >= 15 is 0 Å². The molecule has 0 saturated carbocycles. The molecule has 0 radical (unpaired) electrons. The van der Waals surface area contributed by atoms with E-state index in [9.17, 15) is 4.79 Å². The van der Waals surface area contributed by atoms with E-state index in [0.717, 1.165) is 12.8 Å². The topological polar surface area (TPSA) is 65.0 Å². The van der Waals surface area contributed by atoms with Gasteiger partial charge >= 0.3 is 5.97 Å². The maximum Gasteiger partial charge on any atom is 0.373 e. The molecule has 162 valence electrons. The third kappa shape index (κ3) is 4.73. The van der Waals surface area contributed by atoms with Gasteiger partial charge in [-0.3, -0.25) is 0 Å². The van der Waals surface area contributed by atoms with Gasteiger partial charge in [-0.1, -0.05) is 55.1 Å². The predicted molar refractivity (Wildman–Crippen MR) is 118 cm³/mol. The minimum Gasteiger partial charge on any atom is -0.458 e. The van der Waals surface area contributed by atoms with Crippen LogP contribution in [-0.2, 0) is 25.4 Å². The highest BCUT2D eigenvalue weighted by atomic mass is 16.7. The van der Waals surface area contributed by atoms with Gasteiger partial charge in [0, 0.05) is 18.9 Å². The van der Waals surface area contributed by atoms with Crippen LogP contribution < -0.4 is 0 Å². The van der Waals surface area contributed by atoms with Crippen LogP contribution in [0.25, 0.3) is 11.1 Å². The Morgan fingerprint density at radius 3 is 2.84 bits per heavy atom. The number of aliphatic hydroxyl groups is 1. The molecule has 5 nitrogen and oxygen atoms in total. The van der Waals surface area contributed by atoms with Crippen LogP contribution in [0, 0.1) is 0 Å². The molecule has 1 aliphatic carbocycles. The largest absolute Gasteiger partial charge is 0.458 e. The quantitative estimate of drug-likeness (QED) is 0.314. The fraction of sp³-hybridized carbons (Fsp3) is 0.346. The second-order valence-electron chi connectivity index (χ2n) is 7.82. The molecule has 2 aliphatic rings. The van der Waals surface area contributed by atoms with Crippen molar-refractivity contribution >= 4 is 5.97 Å². The summed E-state index contributed by atoms with van der Waals surface area (Å²) in [6, 6.07) is 14.8. The number of fused-ring (bicyclic) bond motifs is 3. The first-order valence-corrected chi connectivity index (χ1v) is 10.8. The number of esters is 1. The monoisotopic (exact) mass is 420 g/mol. The SMILES string of the molecule is C=CCOC(=O)C1=C[C@H](c2cccc3c2Cc2ccccc2-3)C[C@H](OCCCCO)O1. The van der Waals surface area contributed by atoms with Gasteiger partial charge in [-0.25, -0.2) is 4.79 Å². The summed E-state index contributed by atoms with van der Waals surface area (Å²) in [4.78, 5) is 12.5. The molecular weight excluding hydrogens is 392 g/mol. The number of allylic oxidation sites excluding steroid dienone is 1. The maximum atomic E-state index is 12.5. The van der Waals surface area contributed by atoms with E-state index < -0.39 is 12.3 Å². The maximum absolute atomic E-state index is 12.5. The Hall–Kier alpha value is -2.89. The van der Waals surface area contributed by atoms with Gasteiger partial charge in [-0.2, -0.15) is 0 Å². The summed E-state index contributed by atoms with van der Waals surface area (Å²) in [5.41, 5.74) is 6.34. The lowest BCUT2D eigenvalue weighted by Gasteiger charge is -2.30. The number of carbonyl (C=O) groups is 1. The molecule has 4 rings (SSSR count). The van der Waals surface area contributed by atoms with Crippen LogP contribution in [0.2, 0.25) is 0 Å². The third-order valence-electron chi connectivity index (χ3n) is 5.73. The predicted octanol–water partition coefficient (Wildman–Crippen LogP) is 4.49. The summed E-state index contributed by atoms with van der Waals surface area (Å²) >= 11 is 0. The van der Waals surface area contributed by atoms with Gasteiger partial charge in [-0.15, -0.1) is 0 Å². The second kappa shape index (κ2) is 9.94. The van der Waals surface area contributed by atoms with Crippen LogP contribution in [0.1, 0.15) is 41.9 Å². The number of ether oxygens (including phenoxy) is 3. The van der Waals surface area contributed by atoms with Crippen molar-refractivity contribution < 1.29 is 24.1 Å². The molecule has 1 N–H and O–H groups in total. The van der Waals surface area contributed by atoms with E-state index in [1.807, 2.05) is 6.08 Å². The van der Waals surface area contributed by atoms with Crippen LogP contribution >= 0.6 is 0 Å². The van der Waals surface area contributed by atoms with Gasteiger partial charge in [0.1, 0.15) is 6.61 Å². The summed E-state index contributed by atoms with van der Waals surface area (Å²) < 4.78 is 16.9. The molecular formula is C26H28O5. The summed E-state index contributed by atoms with van der Waals surface area (Å²) in [6.45, 7) is 4.31. The van der Waals surface area contributed by atoms with Crippen LogP contribution in [-0.4, -0.2) is 37.2 Å². The van der Waals surface area contributed by atoms with Crippen molar-refractivity contribution in [3.05, 3.63) is 83.6 Å². The van der Waals surface area contributed by atoms with E-state index in [1.54, 1.807) is 0 Å². The zero-order chi connectivity index (χ0) is 21.6. The lowest BCUT2D eigenvalue weighted by Crippen LogP contribution is -2.28. The van der Waals surface area contributed by atoms with Crippen molar-refractivity contribution in [1.29, 1.82) is 0 Å². The second-order valence-corrected chi connectivity index (χ2v) is 7.82. The van der Waals surface area contributed by atoms with Gasteiger partial charge in [-0.05, 0) is 53.2 Å². The van der Waals surface area contributed by atoms with Gasteiger partial charge in [0.25, 0.3) is 0 Å². The number of aliphatic hydroxyl groups excluding tert-OH is 1. The van der Waals surface area contributed by atoms with E-state index in [2.05, 4.69) is 49.0 Å². The number of hydrogen-bond donors (Lipinski definition) is 1. The number of rotatable bonds is 9. The molecule has 31 heavy (non-hydrogen) atoms. The van der Waals surface area contributed by atoms with Crippen molar-refractivity contribution in [2.45, 2.75) is 37.9 Å². The van der Waals surface area contributed by atoms with Gasteiger partial charge < -0.3 is 19.3 Å². The zero-order valence-corrected chi connectivity index (χ0v) is 17.6. The highest BCUT2D eigenvalue weighted by Crippen LogP contribution is 2.42. The standard InChI is InChI=1S/C26H28O5/c1-2-13-30-26(28)24-16-19(17-25(31-24)29-14-6-5-12-27)21-10-7-11-22-20-9-4-3-8-18(20)15-23(21)22/h2-4,7-11,16,19,25,27H,1,5-6,12-15,17H2/t19-,25+/m0/s1. The molecule has 0 saturated heterocycles. The third-order valence-corrected chi connectivity index (χ3v) is 5.73. The minimum atomic E-state index is -0.542. The van der Waals surface area contributed by atoms with Crippen molar-refractivity contribution in [1.82, 2.24) is 0 Å². The fourth-order valence-electron chi connectivity index (χ4n) is 4.29. The molecule has 0 unspecified atom stereocenters. The molecule has 0 amide bonds. The van der Waals surface area contributed by atoms with Crippen LogP contribution in [0.4, 0.5) is 0 Å². The molecule has 1 aliphatic heterocycles. The molecule has 5 heteroatoms. The lowest BCUT2D eigenvalue weighted by atomic mass is 9.87. The first kappa shape index (κ1) is 21.3. The van der Waals surface area contributed by atoms with Crippen molar-refractivity contribution in [2.24, 2.45) is 0 Å². The summed E-state index contributed by atoms with van der Waals surface area (Å²) in [5, 5.41) is 8.99. The zero-order valence-electron chi connectivity index (χ0n) is 17.6. The number of carbonyl (C=O) groups excluding carboxylic acids is 1. The van der Waals surface area contributed by atoms with E-state index in [0.29, 0.717) is 19.4 Å². The summed E-state index contributed by atoms with van der Waals surface area (Å²) in [5.74, 6) is -0.352. The first-order valence-electron chi connectivity index (χ1n) is 10.8. The molecule has 2 aromatic carbocycles. The van der Waals surface area contributed by atoms with Gasteiger partial charge in [0.15, 0.2) is 0 Å². The average Bonchev–Trinajstić information content (AvgIpc) is 3.19.